The molecule has 0 saturated carbocycles. The molecule has 1 aromatic carbocycles. The van der Waals surface area contributed by atoms with Gasteiger partial charge in [-0.25, -0.2) is 0 Å². The number of carbonyl (C=O) groups is 1. The van der Waals surface area contributed by atoms with Gasteiger partial charge in [0, 0.05) is 30.1 Å². The third kappa shape index (κ3) is 3.06. The molecule has 0 saturated heterocycles. The number of amides is 1. The third-order valence-electron chi connectivity index (χ3n) is 4.12. The second-order valence-electron chi connectivity index (χ2n) is 5.72. The van der Waals surface area contributed by atoms with Crippen molar-refractivity contribution in [2.45, 2.75) is 20.4 Å². The SMILES string of the molecule is CCN(Cc1cc2cccc(C)c2[nH]c1=O)C(=O)c1ccncc1. The molecular weight excluding hydrogens is 302 g/mol. The molecule has 5 nitrogen and oxygen atoms in total. The van der Waals surface area contributed by atoms with E-state index in [0.717, 1.165) is 16.5 Å². The highest BCUT2D eigenvalue weighted by Crippen LogP contribution is 2.16. The Bertz CT molecular complexity index is 932. The van der Waals surface area contributed by atoms with Crippen LogP contribution in [0.4, 0.5) is 0 Å². The largest absolute Gasteiger partial charge is 0.334 e. The van der Waals surface area contributed by atoms with E-state index in [-0.39, 0.29) is 18.0 Å². The van der Waals surface area contributed by atoms with E-state index in [9.17, 15) is 9.59 Å². The van der Waals surface area contributed by atoms with Gasteiger partial charge < -0.3 is 9.88 Å². The molecule has 0 bridgehead atoms. The minimum atomic E-state index is -0.155. The second kappa shape index (κ2) is 6.66. The standard InChI is InChI=1S/C19H19N3O2/c1-3-22(19(24)14-7-9-20-10-8-14)12-16-11-15-6-4-5-13(2)17(15)21-18(16)23/h4-11H,3,12H2,1-2H3,(H,21,23). The van der Waals surface area contributed by atoms with Gasteiger partial charge in [0.1, 0.15) is 0 Å². The summed E-state index contributed by atoms with van der Waals surface area (Å²) in [6, 6.07) is 11.1. The van der Waals surface area contributed by atoms with Gasteiger partial charge in [0.15, 0.2) is 0 Å². The Morgan fingerprint density at radius 1 is 1.21 bits per heavy atom. The maximum absolute atomic E-state index is 12.6. The minimum Gasteiger partial charge on any atom is -0.334 e. The van der Waals surface area contributed by atoms with Crippen molar-refractivity contribution in [1.82, 2.24) is 14.9 Å². The lowest BCUT2D eigenvalue weighted by atomic mass is 10.1. The van der Waals surface area contributed by atoms with Crippen molar-refractivity contribution in [2.75, 3.05) is 6.54 Å². The number of aryl methyl sites for hydroxylation is 1. The predicted octanol–water partition coefficient (Wildman–Crippen LogP) is 2.89. The Morgan fingerprint density at radius 2 is 1.96 bits per heavy atom. The molecule has 0 aliphatic heterocycles. The molecule has 0 spiro atoms. The van der Waals surface area contributed by atoms with Crippen LogP contribution < -0.4 is 5.56 Å². The summed E-state index contributed by atoms with van der Waals surface area (Å²) in [5, 5.41) is 0.969. The number of benzene rings is 1. The van der Waals surface area contributed by atoms with E-state index in [2.05, 4.69) is 9.97 Å². The molecule has 3 aromatic rings. The van der Waals surface area contributed by atoms with Gasteiger partial charge in [0.25, 0.3) is 11.5 Å². The molecule has 0 aliphatic rings. The summed E-state index contributed by atoms with van der Waals surface area (Å²) >= 11 is 0. The number of hydrogen-bond acceptors (Lipinski definition) is 3. The number of carbonyl (C=O) groups excluding carboxylic acids is 1. The summed E-state index contributed by atoms with van der Waals surface area (Å²) in [4.78, 5) is 33.5. The van der Waals surface area contributed by atoms with E-state index in [1.54, 1.807) is 29.4 Å². The fourth-order valence-electron chi connectivity index (χ4n) is 2.76. The van der Waals surface area contributed by atoms with E-state index >= 15 is 0 Å². The summed E-state index contributed by atoms with van der Waals surface area (Å²) in [7, 11) is 0. The number of nitrogens with zero attached hydrogens (tertiary/aromatic N) is 2. The molecule has 2 heterocycles. The molecular formula is C19H19N3O2. The fraction of sp³-hybridized carbons (Fsp3) is 0.211. The number of rotatable bonds is 4. The number of H-pyrrole nitrogens is 1. The molecule has 1 amide bonds. The number of para-hydroxylation sites is 1. The van der Waals surface area contributed by atoms with Crippen LogP contribution in [0.15, 0.2) is 53.6 Å². The van der Waals surface area contributed by atoms with Crippen LogP contribution in [0.1, 0.15) is 28.4 Å². The van der Waals surface area contributed by atoms with E-state index in [4.69, 9.17) is 0 Å². The van der Waals surface area contributed by atoms with Crippen molar-refractivity contribution in [3.05, 3.63) is 75.8 Å². The first-order valence-corrected chi connectivity index (χ1v) is 7.91. The van der Waals surface area contributed by atoms with Gasteiger partial charge in [-0.3, -0.25) is 14.6 Å². The topological polar surface area (TPSA) is 66.1 Å². The van der Waals surface area contributed by atoms with Crippen molar-refractivity contribution < 1.29 is 4.79 Å². The van der Waals surface area contributed by atoms with Gasteiger partial charge in [-0.2, -0.15) is 0 Å². The summed E-state index contributed by atoms with van der Waals surface area (Å²) in [5.74, 6) is -0.108. The van der Waals surface area contributed by atoms with E-state index in [0.29, 0.717) is 17.7 Å². The normalized spacial score (nSPS) is 10.8. The third-order valence-corrected chi connectivity index (χ3v) is 4.12. The lowest BCUT2D eigenvalue weighted by Gasteiger charge is -2.21. The van der Waals surface area contributed by atoms with Crippen molar-refractivity contribution in [1.29, 1.82) is 0 Å². The Kier molecular flexibility index (Phi) is 4.42. The zero-order valence-corrected chi connectivity index (χ0v) is 13.7. The smallest absolute Gasteiger partial charge is 0.254 e. The summed E-state index contributed by atoms with van der Waals surface area (Å²) in [5.41, 5.74) is 2.86. The van der Waals surface area contributed by atoms with Crippen LogP contribution >= 0.6 is 0 Å². The van der Waals surface area contributed by atoms with Crippen molar-refractivity contribution in [3.8, 4) is 0 Å². The lowest BCUT2D eigenvalue weighted by molar-refractivity contribution is 0.0752. The van der Waals surface area contributed by atoms with Gasteiger partial charge in [0.2, 0.25) is 0 Å². The molecule has 2 aromatic heterocycles. The lowest BCUT2D eigenvalue weighted by Crippen LogP contribution is -2.32. The first kappa shape index (κ1) is 15.9. The van der Waals surface area contributed by atoms with Gasteiger partial charge in [0.05, 0.1) is 12.1 Å². The molecule has 0 fully saturated rings. The van der Waals surface area contributed by atoms with Crippen LogP contribution in [0, 0.1) is 6.92 Å². The Hall–Kier alpha value is -2.95. The average molecular weight is 321 g/mol. The Morgan fingerprint density at radius 3 is 2.67 bits per heavy atom. The molecule has 0 unspecified atom stereocenters. The highest BCUT2D eigenvalue weighted by Gasteiger charge is 2.16. The summed E-state index contributed by atoms with van der Waals surface area (Å²) in [6.45, 7) is 4.66. The Balaban J connectivity index is 1.94. The maximum Gasteiger partial charge on any atom is 0.254 e. The molecule has 24 heavy (non-hydrogen) atoms. The quantitative estimate of drug-likeness (QED) is 0.803. The number of pyridine rings is 2. The fourth-order valence-corrected chi connectivity index (χ4v) is 2.76. The average Bonchev–Trinajstić information content (AvgIpc) is 2.61. The van der Waals surface area contributed by atoms with Gasteiger partial charge in [-0.1, -0.05) is 18.2 Å². The molecule has 0 aliphatic carbocycles. The Labute approximate surface area is 140 Å². The summed E-state index contributed by atoms with van der Waals surface area (Å²) < 4.78 is 0. The van der Waals surface area contributed by atoms with Crippen LogP contribution in [0.2, 0.25) is 0 Å². The molecule has 0 atom stereocenters. The number of aromatic amines is 1. The zero-order valence-electron chi connectivity index (χ0n) is 13.7. The van der Waals surface area contributed by atoms with Crippen LogP contribution in [-0.2, 0) is 6.54 Å². The van der Waals surface area contributed by atoms with Gasteiger partial charge in [-0.15, -0.1) is 0 Å². The first-order valence-electron chi connectivity index (χ1n) is 7.91. The maximum atomic E-state index is 12.6. The molecule has 0 radical (unpaired) electrons. The van der Waals surface area contributed by atoms with Crippen molar-refractivity contribution in [2.24, 2.45) is 0 Å². The number of nitrogens with one attached hydrogen (secondary N) is 1. The minimum absolute atomic E-state index is 0.108. The second-order valence-corrected chi connectivity index (χ2v) is 5.72. The van der Waals surface area contributed by atoms with Crippen molar-refractivity contribution in [3.63, 3.8) is 0 Å². The van der Waals surface area contributed by atoms with E-state index in [1.165, 1.54) is 0 Å². The van der Waals surface area contributed by atoms with Gasteiger partial charge >= 0.3 is 0 Å². The molecule has 122 valence electrons. The molecule has 1 N–H and O–H groups in total. The monoisotopic (exact) mass is 321 g/mol. The van der Waals surface area contributed by atoms with Crippen LogP contribution in [0.5, 0.6) is 0 Å². The number of hydrogen-bond donors (Lipinski definition) is 1. The van der Waals surface area contributed by atoms with Crippen molar-refractivity contribution >= 4 is 16.8 Å². The highest BCUT2D eigenvalue weighted by atomic mass is 16.2. The van der Waals surface area contributed by atoms with Crippen LogP contribution in [0.3, 0.4) is 0 Å². The van der Waals surface area contributed by atoms with Crippen LogP contribution in [-0.4, -0.2) is 27.3 Å². The van der Waals surface area contributed by atoms with E-state index in [1.807, 2.05) is 38.1 Å². The van der Waals surface area contributed by atoms with Crippen LogP contribution in [0.25, 0.3) is 10.9 Å². The molecule has 3 rings (SSSR count). The predicted molar refractivity (Wildman–Crippen MR) is 94.0 cm³/mol. The molecule has 5 heteroatoms. The van der Waals surface area contributed by atoms with Gasteiger partial charge in [-0.05, 0) is 43.0 Å². The summed E-state index contributed by atoms with van der Waals surface area (Å²) in [6.07, 6.45) is 3.18. The van der Waals surface area contributed by atoms with E-state index < -0.39 is 0 Å². The number of aromatic nitrogens is 2. The zero-order chi connectivity index (χ0) is 17.1. The number of fused-ring (bicyclic) bond motifs is 1. The highest BCUT2D eigenvalue weighted by molar-refractivity contribution is 5.94. The first-order chi connectivity index (χ1) is 11.6.